The van der Waals surface area contributed by atoms with Crippen LogP contribution in [0.2, 0.25) is 0 Å². The van der Waals surface area contributed by atoms with Crippen molar-refractivity contribution in [2.24, 2.45) is 0 Å². The number of piperidine rings is 1. The molecule has 3 atom stereocenters. The van der Waals surface area contributed by atoms with Crippen LogP contribution in [0.15, 0.2) is 23.1 Å². The maximum Gasteiger partial charge on any atom is 0.347 e. The number of esters is 1. The highest BCUT2D eigenvalue weighted by Crippen LogP contribution is 2.31. The number of carbonyl (C=O) groups is 1. The molecule has 2 aliphatic rings. The Morgan fingerprint density at radius 1 is 1.42 bits per heavy atom. The van der Waals surface area contributed by atoms with Crippen LogP contribution < -0.4 is 14.8 Å². The highest BCUT2D eigenvalue weighted by molar-refractivity contribution is 7.89. The molecule has 0 bridgehead atoms. The minimum absolute atomic E-state index is 0. The van der Waals surface area contributed by atoms with Crippen LogP contribution in [0, 0.1) is 0 Å². The summed E-state index contributed by atoms with van der Waals surface area (Å²) in [5.74, 6) is 0.105. The number of sulfonamides is 1. The molecule has 7 nitrogen and oxygen atoms in total. The zero-order chi connectivity index (χ0) is 18.0. The van der Waals surface area contributed by atoms with Crippen LogP contribution in [-0.4, -0.2) is 45.7 Å². The van der Waals surface area contributed by atoms with E-state index < -0.39 is 22.1 Å². The van der Waals surface area contributed by atoms with Crippen molar-refractivity contribution >= 4 is 28.4 Å². The Labute approximate surface area is 160 Å². The lowest BCUT2D eigenvalue weighted by Gasteiger charge is -2.30. The Kier molecular flexibility index (Phi) is 6.90. The van der Waals surface area contributed by atoms with Crippen LogP contribution in [0.4, 0.5) is 0 Å². The SMILES string of the molecule is CCOC(=O)C1Cc2cc(S(=O)(=O)NC3CCCNC3C)ccc2O1.Cl. The number of halogens is 1. The number of rotatable bonds is 5. The fourth-order valence-corrected chi connectivity index (χ4v) is 4.63. The predicted molar refractivity (Wildman–Crippen MR) is 99.3 cm³/mol. The molecule has 2 aliphatic heterocycles. The number of ether oxygens (including phenoxy) is 2. The van der Waals surface area contributed by atoms with Crippen LogP contribution >= 0.6 is 12.4 Å². The van der Waals surface area contributed by atoms with Gasteiger partial charge in [-0.1, -0.05) is 0 Å². The Bertz CT molecular complexity index is 756. The van der Waals surface area contributed by atoms with Gasteiger partial charge >= 0.3 is 5.97 Å². The zero-order valence-corrected chi connectivity index (χ0v) is 16.5. The summed E-state index contributed by atoms with van der Waals surface area (Å²) >= 11 is 0. The molecule has 146 valence electrons. The molecule has 3 unspecified atom stereocenters. The van der Waals surface area contributed by atoms with E-state index in [0.717, 1.165) is 19.4 Å². The van der Waals surface area contributed by atoms with Crippen molar-refractivity contribution < 1.29 is 22.7 Å². The fraction of sp³-hybridized carbons (Fsp3) is 0.588. The first-order valence-corrected chi connectivity index (χ1v) is 10.1. The van der Waals surface area contributed by atoms with Crippen molar-refractivity contribution in [1.82, 2.24) is 10.0 Å². The van der Waals surface area contributed by atoms with Gasteiger partial charge in [-0.25, -0.2) is 17.9 Å². The fourth-order valence-electron chi connectivity index (χ4n) is 3.23. The number of hydrogen-bond acceptors (Lipinski definition) is 6. The number of benzene rings is 1. The van der Waals surface area contributed by atoms with Gasteiger partial charge in [0.15, 0.2) is 6.10 Å². The molecule has 0 amide bonds. The van der Waals surface area contributed by atoms with Gasteiger partial charge in [-0.2, -0.15) is 0 Å². The Morgan fingerprint density at radius 2 is 2.19 bits per heavy atom. The molecule has 9 heteroatoms. The van der Waals surface area contributed by atoms with Crippen molar-refractivity contribution in [3.63, 3.8) is 0 Å². The molecule has 3 rings (SSSR count). The van der Waals surface area contributed by atoms with E-state index in [0.29, 0.717) is 17.7 Å². The first-order valence-electron chi connectivity index (χ1n) is 8.62. The highest BCUT2D eigenvalue weighted by atomic mass is 35.5. The van der Waals surface area contributed by atoms with Crippen LogP contribution in [-0.2, 0) is 26.0 Å². The van der Waals surface area contributed by atoms with Gasteiger partial charge in [0.2, 0.25) is 10.0 Å². The summed E-state index contributed by atoms with van der Waals surface area (Å²) in [5.41, 5.74) is 0.704. The molecular formula is C17H25ClN2O5S. The summed E-state index contributed by atoms with van der Waals surface area (Å²) in [7, 11) is -3.62. The van der Waals surface area contributed by atoms with Gasteiger partial charge in [-0.15, -0.1) is 12.4 Å². The van der Waals surface area contributed by atoms with Crippen molar-refractivity contribution in [2.75, 3.05) is 13.2 Å². The standard InChI is InChI=1S/C17H24N2O5S.ClH/c1-3-23-17(20)16-10-12-9-13(6-7-15(12)24-16)25(21,22)19-14-5-4-8-18-11(14)2;/h6-7,9,11,14,16,18-19H,3-5,8,10H2,1-2H3;1H. The summed E-state index contributed by atoms with van der Waals surface area (Å²) in [6, 6.07) is 4.66. The maximum absolute atomic E-state index is 12.7. The lowest BCUT2D eigenvalue weighted by atomic mass is 10.0. The van der Waals surface area contributed by atoms with Crippen LogP contribution in [0.25, 0.3) is 0 Å². The molecule has 2 heterocycles. The lowest BCUT2D eigenvalue weighted by Crippen LogP contribution is -2.51. The van der Waals surface area contributed by atoms with Gasteiger partial charge in [-0.05, 0) is 57.0 Å². The first kappa shape index (κ1) is 21.0. The summed E-state index contributed by atoms with van der Waals surface area (Å²) < 4.78 is 38.7. The zero-order valence-electron chi connectivity index (χ0n) is 14.9. The minimum Gasteiger partial charge on any atom is -0.478 e. The normalized spacial score (nSPS) is 24.9. The lowest BCUT2D eigenvalue weighted by molar-refractivity contribution is -0.150. The Balaban J connectivity index is 0.00000243. The number of nitrogens with one attached hydrogen (secondary N) is 2. The molecule has 2 N–H and O–H groups in total. The van der Waals surface area contributed by atoms with Gasteiger partial charge in [0, 0.05) is 18.5 Å². The van der Waals surface area contributed by atoms with E-state index >= 15 is 0 Å². The molecule has 26 heavy (non-hydrogen) atoms. The third-order valence-electron chi connectivity index (χ3n) is 4.63. The molecule has 0 radical (unpaired) electrons. The molecular weight excluding hydrogens is 380 g/mol. The molecule has 1 saturated heterocycles. The van der Waals surface area contributed by atoms with Crippen molar-refractivity contribution in [3.05, 3.63) is 23.8 Å². The molecule has 0 aromatic heterocycles. The second-order valence-electron chi connectivity index (χ2n) is 6.45. The van der Waals surface area contributed by atoms with Crippen LogP contribution in [0.5, 0.6) is 5.75 Å². The summed E-state index contributed by atoms with van der Waals surface area (Å²) in [6.45, 7) is 4.90. The third kappa shape index (κ3) is 4.49. The van der Waals surface area contributed by atoms with Gasteiger partial charge in [-0.3, -0.25) is 0 Å². The monoisotopic (exact) mass is 404 g/mol. The van der Waals surface area contributed by atoms with Crippen molar-refractivity contribution in [3.8, 4) is 5.75 Å². The van der Waals surface area contributed by atoms with E-state index in [9.17, 15) is 13.2 Å². The van der Waals surface area contributed by atoms with Gasteiger partial charge < -0.3 is 14.8 Å². The number of hydrogen-bond donors (Lipinski definition) is 2. The molecule has 0 aliphatic carbocycles. The molecule has 1 aromatic rings. The van der Waals surface area contributed by atoms with E-state index in [1.807, 2.05) is 6.92 Å². The topological polar surface area (TPSA) is 93.7 Å². The number of carbonyl (C=O) groups excluding carboxylic acids is 1. The van der Waals surface area contributed by atoms with Gasteiger partial charge in [0.1, 0.15) is 5.75 Å². The van der Waals surface area contributed by atoms with E-state index in [4.69, 9.17) is 9.47 Å². The van der Waals surface area contributed by atoms with E-state index in [1.54, 1.807) is 19.1 Å². The summed E-state index contributed by atoms with van der Waals surface area (Å²) in [4.78, 5) is 12.0. The highest BCUT2D eigenvalue weighted by Gasteiger charge is 2.32. The van der Waals surface area contributed by atoms with Crippen molar-refractivity contribution in [2.45, 2.75) is 56.2 Å². The smallest absolute Gasteiger partial charge is 0.347 e. The van der Waals surface area contributed by atoms with Crippen LogP contribution in [0.3, 0.4) is 0 Å². The van der Waals surface area contributed by atoms with Gasteiger partial charge in [0.25, 0.3) is 0 Å². The minimum atomic E-state index is -3.62. The Hall–Kier alpha value is -1.35. The molecule has 1 aromatic carbocycles. The maximum atomic E-state index is 12.7. The van der Waals surface area contributed by atoms with E-state index in [2.05, 4.69) is 10.0 Å². The van der Waals surface area contributed by atoms with E-state index in [-0.39, 0.29) is 36.0 Å². The average Bonchev–Trinajstić information content (AvgIpc) is 3.00. The first-order chi connectivity index (χ1) is 11.9. The molecule has 0 saturated carbocycles. The largest absolute Gasteiger partial charge is 0.478 e. The second-order valence-corrected chi connectivity index (χ2v) is 8.16. The predicted octanol–water partition coefficient (Wildman–Crippen LogP) is 1.39. The van der Waals surface area contributed by atoms with E-state index in [1.165, 1.54) is 6.07 Å². The van der Waals surface area contributed by atoms with Crippen LogP contribution in [0.1, 0.15) is 32.3 Å². The molecule has 0 spiro atoms. The summed E-state index contributed by atoms with van der Waals surface area (Å²) in [6.07, 6.45) is 1.37. The number of fused-ring (bicyclic) bond motifs is 1. The third-order valence-corrected chi connectivity index (χ3v) is 6.12. The average molecular weight is 405 g/mol. The second kappa shape index (κ2) is 8.56. The quantitative estimate of drug-likeness (QED) is 0.720. The van der Waals surface area contributed by atoms with Gasteiger partial charge in [0.05, 0.1) is 11.5 Å². The Morgan fingerprint density at radius 3 is 2.88 bits per heavy atom. The van der Waals surface area contributed by atoms with Crippen molar-refractivity contribution in [1.29, 1.82) is 0 Å². The molecule has 1 fully saturated rings. The summed E-state index contributed by atoms with van der Waals surface area (Å²) in [5, 5.41) is 3.28.